The molecule has 0 unspecified atom stereocenters. The molecule has 0 saturated carbocycles. The quantitative estimate of drug-likeness (QED) is 0.872. The van der Waals surface area contributed by atoms with Gasteiger partial charge in [0.2, 0.25) is 5.88 Å². The number of alkyl halides is 3. The lowest BCUT2D eigenvalue weighted by Gasteiger charge is -2.15. The Morgan fingerprint density at radius 2 is 2.00 bits per heavy atom. The Morgan fingerprint density at radius 3 is 2.67 bits per heavy atom. The summed E-state index contributed by atoms with van der Waals surface area (Å²) in [6.45, 7) is -0.0301. The summed E-state index contributed by atoms with van der Waals surface area (Å²) >= 11 is 3.36. The molecule has 2 rings (SSSR count). The Morgan fingerprint density at radius 1 is 1.24 bits per heavy atom. The Bertz CT molecular complexity index is 632. The molecule has 0 aliphatic rings. The fraction of sp³-hybridized carbons (Fsp3) is 0.214. The van der Waals surface area contributed by atoms with Crippen molar-refractivity contribution in [1.29, 1.82) is 0 Å². The minimum absolute atomic E-state index is 0.0301. The van der Waals surface area contributed by atoms with E-state index in [0.29, 0.717) is 0 Å². The first kappa shape index (κ1) is 15.6. The second-order valence-electron chi connectivity index (χ2n) is 4.16. The molecule has 0 aliphatic carbocycles. The number of benzene rings is 1. The minimum Gasteiger partial charge on any atom is -0.472 e. The van der Waals surface area contributed by atoms with Gasteiger partial charge in [-0.15, -0.1) is 0 Å². The second-order valence-corrected chi connectivity index (χ2v) is 5.01. The van der Waals surface area contributed by atoms with Crippen LogP contribution in [0.15, 0.2) is 41.0 Å². The van der Waals surface area contributed by atoms with E-state index in [1.807, 2.05) is 12.1 Å². The number of hydrogen-bond acceptors (Lipinski definition) is 3. The highest BCUT2D eigenvalue weighted by molar-refractivity contribution is 9.10. The topological polar surface area (TPSA) is 34.1 Å². The predicted octanol–water partition coefficient (Wildman–Crippen LogP) is 4.48. The Kier molecular flexibility index (Phi) is 4.72. The first-order chi connectivity index (χ1) is 9.93. The van der Waals surface area contributed by atoms with E-state index >= 15 is 0 Å². The van der Waals surface area contributed by atoms with E-state index in [1.54, 1.807) is 13.1 Å². The van der Waals surface area contributed by atoms with Crippen LogP contribution in [-0.4, -0.2) is 12.0 Å². The van der Waals surface area contributed by atoms with Gasteiger partial charge in [0.1, 0.15) is 12.2 Å². The minimum atomic E-state index is -4.50. The highest BCUT2D eigenvalue weighted by Gasteiger charge is 2.35. The second kappa shape index (κ2) is 6.34. The lowest BCUT2D eigenvalue weighted by atomic mass is 10.2. The van der Waals surface area contributed by atoms with E-state index in [-0.39, 0.29) is 6.61 Å². The molecule has 0 aliphatic heterocycles. The normalized spacial score (nSPS) is 11.3. The average molecular weight is 361 g/mol. The van der Waals surface area contributed by atoms with Gasteiger partial charge in [0.05, 0.1) is 0 Å². The smallest absolute Gasteiger partial charge is 0.421 e. The SMILES string of the molecule is CNc1cccc(Br)c1COc1ncccc1C(F)(F)F. The van der Waals surface area contributed by atoms with Gasteiger partial charge in [0.25, 0.3) is 0 Å². The van der Waals surface area contributed by atoms with Crippen LogP contribution in [0.2, 0.25) is 0 Å². The highest BCUT2D eigenvalue weighted by Crippen LogP contribution is 2.35. The van der Waals surface area contributed by atoms with Gasteiger partial charge in [0, 0.05) is 29.0 Å². The maximum absolute atomic E-state index is 12.9. The third-order valence-corrected chi connectivity index (χ3v) is 3.56. The van der Waals surface area contributed by atoms with Crippen LogP contribution in [0.1, 0.15) is 11.1 Å². The number of nitrogens with one attached hydrogen (secondary N) is 1. The lowest BCUT2D eigenvalue weighted by molar-refractivity contribution is -0.139. The molecule has 1 N–H and O–H groups in total. The van der Waals surface area contributed by atoms with E-state index in [4.69, 9.17) is 4.74 Å². The van der Waals surface area contributed by atoms with Crippen molar-refractivity contribution in [2.24, 2.45) is 0 Å². The largest absolute Gasteiger partial charge is 0.472 e. The van der Waals surface area contributed by atoms with Gasteiger partial charge in [-0.05, 0) is 24.3 Å². The number of aromatic nitrogens is 1. The van der Waals surface area contributed by atoms with Gasteiger partial charge >= 0.3 is 6.18 Å². The maximum atomic E-state index is 12.9. The molecular weight excluding hydrogens is 349 g/mol. The molecular formula is C14H12BrF3N2O. The van der Waals surface area contributed by atoms with Crippen LogP contribution in [-0.2, 0) is 12.8 Å². The van der Waals surface area contributed by atoms with Crippen LogP contribution in [0.25, 0.3) is 0 Å². The number of ether oxygens (including phenoxy) is 1. The van der Waals surface area contributed by atoms with Crippen molar-refractivity contribution in [3.05, 3.63) is 52.1 Å². The van der Waals surface area contributed by atoms with Crippen molar-refractivity contribution in [2.45, 2.75) is 12.8 Å². The predicted molar refractivity (Wildman–Crippen MR) is 77.3 cm³/mol. The Labute approximate surface area is 128 Å². The molecule has 1 aromatic carbocycles. The number of rotatable bonds is 4. The molecule has 7 heteroatoms. The van der Waals surface area contributed by atoms with Gasteiger partial charge in [0.15, 0.2) is 0 Å². The molecule has 21 heavy (non-hydrogen) atoms. The molecule has 3 nitrogen and oxygen atoms in total. The van der Waals surface area contributed by atoms with Gasteiger partial charge in [-0.3, -0.25) is 0 Å². The molecule has 0 amide bonds. The molecule has 0 spiro atoms. The van der Waals surface area contributed by atoms with Crippen molar-refractivity contribution in [3.63, 3.8) is 0 Å². The molecule has 1 heterocycles. The molecule has 0 saturated heterocycles. The summed E-state index contributed by atoms with van der Waals surface area (Å²) in [5.41, 5.74) is 0.607. The maximum Gasteiger partial charge on any atom is 0.421 e. The van der Waals surface area contributed by atoms with Crippen LogP contribution in [0.4, 0.5) is 18.9 Å². The molecule has 0 bridgehead atoms. The summed E-state index contributed by atoms with van der Waals surface area (Å²) in [5.74, 6) is -0.428. The van der Waals surface area contributed by atoms with Gasteiger partial charge in [-0.2, -0.15) is 13.2 Å². The zero-order valence-electron chi connectivity index (χ0n) is 11.0. The van der Waals surface area contributed by atoms with Crippen LogP contribution in [0, 0.1) is 0 Å². The Balaban J connectivity index is 2.26. The van der Waals surface area contributed by atoms with Crippen molar-refractivity contribution >= 4 is 21.6 Å². The van der Waals surface area contributed by atoms with Gasteiger partial charge in [-0.25, -0.2) is 4.98 Å². The van der Waals surface area contributed by atoms with Crippen molar-refractivity contribution in [2.75, 3.05) is 12.4 Å². The van der Waals surface area contributed by atoms with Gasteiger partial charge < -0.3 is 10.1 Å². The van der Waals surface area contributed by atoms with Gasteiger partial charge in [-0.1, -0.05) is 22.0 Å². The summed E-state index contributed by atoms with van der Waals surface area (Å²) < 4.78 is 44.6. The summed E-state index contributed by atoms with van der Waals surface area (Å²) in [5, 5.41) is 2.96. The van der Waals surface area contributed by atoms with Crippen molar-refractivity contribution in [3.8, 4) is 5.88 Å². The van der Waals surface area contributed by atoms with E-state index in [0.717, 1.165) is 21.8 Å². The van der Waals surface area contributed by atoms with E-state index < -0.39 is 17.6 Å². The summed E-state index contributed by atoms with van der Waals surface area (Å²) in [7, 11) is 1.73. The summed E-state index contributed by atoms with van der Waals surface area (Å²) in [4.78, 5) is 3.67. The number of halogens is 4. The molecule has 1 aromatic heterocycles. The van der Waals surface area contributed by atoms with Crippen molar-refractivity contribution < 1.29 is 17.9 Å². The number of nitrogens with zero attached hydrogens (tertiary/aromatic N) is 1. The van der Waals surface area contributed by atoms with Crippen LogP contribution < -0.4 is 10.1 Å². The average Bonchev–Trinajstić information content (AvgIpc) is 2.45. The zero-order valence-corrected chi connectivity index (χ0v) is 12.6. The summed E-state index contributed by atoms with van der Waals surface area (Å²) in [6, 6.07) is 7.60. The molecule has 0 fully saturated rings. The molecule has 0 radical (unpaired) electrons. The van der Waals surface area contributed by atoms with E-state index in [2.05, 4.69) is 26.2 Å². The fourth-order valence-electron chi connectivity index (χ4n) is 1.80. The molecule has 112 valence electrons. The zero-order chi connectivity index (χ0) is 15.5. The monoisotopic (exact) mass is 360 g/mol. The third kappa shape index (κ3) is 3.66. The van der Waals surface area contributed by atoms with E-state index in [1.165, 1.54) is 12.3 Å². The first-order valence-electron chi connectivity index (χ1n) is 6.03. The lowest BCUT2D eigenvalue weighted by Crippen LogP contribution is -2.10. The highest BCUT2D eigenvalue weighted by atomic mass is 79.9. The van der Waals surface area contributed by atoms with Crippen LogP contribution in [0.3, 0.4) is 0 Å². The van der Waals surface area contributed by atoms with E-state index in [9.17, 15) is 13.2 Å². The standard InChI is InChI=1S/C14H12BrF3N2O/c1-19-12-6-2-5-11(15)9(12)8-21-13-10(14(16,17)18)4-3-7-20-13/h2-7,19H,8H2,1H3. The van der Waals surface area contributed by atoms with Crippen molar-refractivity contribution in [1.82, 2.24) is 4.98 Å². The molecule has 2 aromatic rings. The number of hydrogen-bond donors (Lipinski definition) is 1. The first-order valence-corrected chi connectivity index (χ1v) is 6.83. The summed E-state index contributed by atoms with van der Waals surface area (Å²) in [6.07, 6.45) is -3.23. The Hall–Kier alpha value is -1.76. The van der Waals surface area contributed by atoms with Crippen LogP contribution >= 0.6 is 15.9 Å². The number of anilines is 1. The van der Waals surface area contributed by atoms with Crippen LogP contribution in [0.5, 0.6) is 5.88 Å². The third-order valence-electron chi connectivity index (χ3n) is 2.82. The molecule has 0 atom stereocenters. The number of pyridine rings is 1. The fourth-order valence-corrected chi connectivity index (χ4v) is 2.28.